The molecule has 172 valence electrons. The third-order valence-corrected chi connectivity index (χ3v) is 5.86. The van der Waals surface area contributed by atoms with Crippen molar-refractivity contribution in [2.75, 3.05) is 31.1 Å². The first kappa shape index (κ1) is 25.9. The van der Waals surface area contributed by atoms with Crippen LogP contribution in [0.3, 0.4) is 0 Å². The minimum atomic E-state index is -0.152. The van der Waals surface area contributed by atoms with Crippen LogP contribution in [-0.2, 0) is 0 Å². The lowest BCUT2D eigenvalue weighted by Gasteiger charge is -2.23. The molecule has 0 bridgehead atoms. The fourth-order valence-electron chi connectivity index (χ4n) is 4.30. The van der Waals surface area contributed by atoms with Gasteiger partial charge in [-0.25, -0.2) is 0 Å². The molecular weight excluding hydrogens is 445 g/mol. The minimum Gasteiger partial charge on any atom is -0.395 e. The van der Waals surface area contributed by atoms with E-state index in [-0.39, 0.29) is 49.9 Å². The summed E-state index contributed by atoms with van der Waals surface area (Å²) in [7, 11) is 0. The summed E-state index contributed by atoms with van der Waals surface area (Å²) in [6.45, 7) is 4.41. The van der Waals surface area contributed by atoms with Crippen molar-refractivity contribution in [3.8, 4) is 0 Å². The number of nitrogens with one attached hydrogen (secondary N) is 2. The zero-order valence-corrected chi connectivity index (χ0v) is 19.8. The molecule has 0 saturated carbocycles. The fourth-order valence-corrected chi connectivity index (χ4v) is 4.30. The molecule has 5 nitrogen and oxygen atoms in total. The molecule has 0 aromatic heterocycles. The van der Waals surface area contributed by atoms with E-state index >= 15 is 0 Å². The molecule has 0 unspecified atom stereocenters. The standard InChI is InChI=1S/C25H29N3O2.2ClH/c1-18(23-8-4-6-19-5-2-3-7-24(19)23)27-21-13-15-28(17-21)22-11-9-20(10-12-22)25(30)26-14-16-29;;/h2-12,18,21,27,29H,13-17H2,1H3,(H,26,30);2*1H/t18-,21+;;/m1../s1. The highest BCUT2D eigenvalue weighted by Gasteiger charge is 2.24. The lowest BCUT2D eigenvalue weighted by Crippen LogP contribution is -2.34. The molecule has 32 heavy (non-hydrogen) atoms. The molecule has 7 heteroatoms. The zero-order chi connectivity index (χ0) is 20.9. The van der Waals surface area contributed by atoms with Crippen molar-refractivity contribution in [3.63, 3.8) is 0 Å². The molecular formula is C25H31Cl2N3O2. The van der Waals surface area contributed by atoms with Crippen LogP contribution in [0.15, 0.2) is 66.7 Å². The third-order valence-electron chi connectivity index (χ3n) is 5.86. The van der Waals surface area contributed by atoms with Crippen molar-refractivity contribution in [2.24, 2.45) is 0 Å². The predicted molar refractivity (Wildman–Crippen MR) is 136 cm³/mol. The van der Waals surface area contributed by atoms with Gasteiger partial charge in [-0.05, 0) is 53.9 Å². The first-order valence-electron chi connectivity index (χ1n) is 10.6. The van der Waals surface area contributed by atoms with Crippen molar-refractivity contribution in [2.45, 2.75) is 25.4 Å². The Hall–Kier alpha value is -2.31. The van der Waals surface area contributed by atoms with Gasteiger partial charge in [-0.1, -0.05) is 42.5 Å². The van der Waals surface area contributed by atoms with Gasteiger partial charge in [0.2, 0.25) is 0 Å². The summed E-state index contributed by atoms with van der Waals surface area (Å²) < 4.78 is 0. The van der Waals surface area contributed by atoms with Crippen LogP contribution in [0.25, 0.3) is 10.8 Å². The highest BCUT2D eigenvalue weighted by atomic mass is 35.5. The van der Waals surface area contributed by atoms with Gasteiger partial charge in [0, 0.05) is 43.0 Å². The number of anilines is 1. The van der Waals surface area contributed by atoms with Crippen LogP contribution in [0.2, 0.25) is 0 Å². The van der Waals surface area contributed by atoms with Gasteiger partial charge in [0.05, 0.1) is 6.61 Å². The number of aliphatic hydroxyl groups excluding tert-OH is 1. The van der Waals surface area contributed by atoms with Gasteiger partial charge in [-0.2, -0.15) is 0 Å². The Kier molecular flexibility index (Phi) is 9.79. The topological polar surface area (TPSA) is 64.6 Å². The van der Waals surface area contributed by atoms with Crippen LogP contribution < -0.4 is 15.5 Å². The lowest BCUT2D eigenvalue weighted by atomic mass is 9.99. The lowest BCUT2D eigenvalue weighted by molar-refractivity contribution is 0.0945. The fraction of sp³-hybridized carbons (Fsp3) is 0.320. The smallest absolute Gasteiger partial charge is 0.251 e. The first-order chi connectivity index (χ1) is 14.7. The van der Waals surface area contributed by atoms with Crippen LogP contribution >= 0.6 is 24.8 Å². The van der Waals surface area contributed by atoms with Gasteiger partial charge in [0.25, 0.3) is 5.91 Å². The molecule has 1 fully saturated rings. The van der Waals surface area contributed by atoms with E-state index in [0.717, 1.165) is 25.2 Å². The Morgan fingerprint density at radius 2 is 1.78 bits per heavy atom. The zero-order valence-electron chi connectivity index (χ0n) is 18.2. The van der Waals surface area contributed by atoms with E-state index < -0.39 is 0 Å². The summed E-state index contributed by atoms with van der Waals surface area (Å²) in [6, 6.07) is 23.5. The molecule has 1 aliphatic rings. The number of rotatable bonds is 7. The Bertz CT molecular complexity index is 1010. The second-order valence-electron chi connectivity index (χ2n) is 7.91. The van der Waals surface area contributed by atoms with Crippen LogP contribution in [0, 0.1) is 0 Å². The molecule has 0 spiro atoms. The number of halogens is 2. The van der Waals surface area contributed by atoms with E-state index in [1.807, 2.05) is 24.3 Å². The van der Waals surface area contributed by atoms with Gasteiger partial charge in [0.15, 0.2) is 0 Å². The summed E-state index contributed by atoms with van der Waals surface area (Å²) in [5.41, 5.74) is 3.09. The van der Waals surface area contributed by atoms with Crippen molar-refractivity contribution in [1.82, 2.24) is 10.6 Å². The van der Waals surface area contributed by atoms with Gasteiger partial charge >= 0.3 is 0 Å². The number of benzene rings is 3. The Morgan fingerprint density at radius 3 is 2.53 bits per heavy atom. The molecule has 0 aliphatic carbocycles. The molecule has 3 N–H and O–H groups in total. The first-order valence-corrected chi connectivity index (χ1v) is 10.6. The van der Waals surface area contributed by atoms with Gasteiger partial charge < -0.3 is 20.6 Å². The van der Waals surface area contributed by atoms with Crippen molar-refractivity contribution >= 4 is 47.2 Å². The maximum absolute atomic E-state index is 12.0. The Labute approximate surface area is 202 Å². The van der Waals surface area contributed by atoms with Crippen LogP contribution in [0.4, 0.5) is 5.69 Å². The highest BCUT2D eigenvalue weighted by molar-refractivity contribution is 5.94. The largest absolute Gasteiger partial charge is 0.395 e. The number of aliphatic hydroxyl groups is 1. The molecule has 3 aromatic rings. The predicted octanol–water partition coefficient (Wildman–Crippen LogP) is 4.34. The average Bonchev–Trinajstić information content (AvgIpc) is 3.25. The average molecular weight is 476 g/mol. The number of hydrogen-bond acceptors (Lipinski definition) is 4. The number of fused-ring (bicyclic) bond motifs is 1. The molecule has 1 aliphatic heterocycles. The van der Waals surface area contributed by atoms with Gasteiger partial charge in [-0.15, -0.1) is 24.8 Å². The van der Waals surface area contributed by atoms with Crippen molar-refractivity contribution < 1.29 is 9.90 Å². The SMILES string of the molecule is C[C@@H](N[C@H]1CCN(c2ccc(C(=O)NCCO)cc2)C1)c1cccc2ccccc12.Cl.Cl. The molecule has 3 aromatic carbocycles. The number of nitrogens with zero attached hydrogens (tertiary/aromatic N) is 1. The molecule has 1 saturated heterocycles. The normalized spacial score (nSPS) is 16.2. The maximum Gasteiger partial charge on any atom is 0.251 e. The van der Waals surface area contributed by atoms with E-state index in [2.05, 4.69) is 64.9 Å². The van der Waals surface area contributed by atoms with Crippen molar-refractivity contribution in [3.05, 3.63) is 77.9 Å². The summed E-state index contributed by atoms with van der Waals surface area (Å²) in [6.07, 6.45) is 1.09. The van der Waals surface area contributed by atoms with E-state index in [9.17, 15) is 4.79 Å². The van der Waals surface area contributed by atoms with E-state index in [1.165, 1.54) is 16.3 Å². The van der Waals surface area contributed by atoms with E-state index in [0.29, 0.717) is 11.6 Å². The van der Waals surface area contributed by atoms with Gasteiger partial charge in [0.1, 0.15) is 0 Å². The summed E-state index contributed by atoms with van der Waals surface area (Å²) >= 11 is 0. The Balaban J connectivity index is 0.00000181. The maximum atomic E-state index is 12.0. The van der Waals surface area contributed by atoms with E-state index in [4.69, 9.17) is 5.11 Å². The van der Waals surface area contributed by atoms with Gasteiger partial charge in [-0.3, -0.25) is 4.79 Å². The quantitative estimate of drug-likeness (QED) is 0.475. The number of hydrogen-bond donors (Lipinski definition) is 3. The molecule has 4 rings (SSSR count). The minimum absolute atomic E-state index is 0. The molecule has 1 amide bonds. The van der Waals surface area contributed by atoms with Crippen molar-refractivity contribution in [1.29, 1.82) is 0 Å². The van der Waals surface area contributed by atoms with E-state index in [1.54, 1.807) is 0 Å². The Morgan fingerprint density at radius 1 is 1.06 bits per heavy atom. The van der Waals surface area contributed by atoms with Crippen LogP contribution in [0.5, 0.6) is 0 Å². The summed E-state index contributed by atoms with van der Waals surface area (Å²) in [5.74, 6) is -0.152. The second-order valence-corrected chi connectivity index (χ2v) is 7.91. The molecule has 1 heterocycles. The number of carbonyl (C=O) groups excluding carboxylic acids is 1. The molecule has 0 radical (unpaired) electrons. The monoisotopic (exact) mass is 475 g/mol. The number of amides is 1. The highest BCUT2D eigenvalue weighted by Crippen LogP contribution is 2.26. The molecule has 2 atom stereocenters. The summed E-state index contributed by atoms with van der Waals surface area (Å²) in [5, 5.41) is 17.9. The third kappa shape index (κ3) is 5.93. The van der Waals surface area contributed by atoms with Crippen LogP contribution in [-0.4, -0.2) is 43.3 Å². The second kappa shape index (κ2) is 12.1. The van der Waals surface area contributed by atoms with Crippen LogP contribution in [0.1, 0.15) is 35.3 Å². The number of carbonyl (C=O) groups is 1. The summed E-state index contributed by atoms with van der Waals surface area (Å²) in [4.78, 5) is 14.4.